The van der Waals surface area contributed by atoms with Gasteiger partial charge in [-0.1, -0.05) is 0 Å². The van der Waals surface area contributed by atoms with Gasteiger partial charge in [0.25, 0.3) is 5.91 Å². The standard InChI is InChI=1S/C11H16N2O5/c1-11(2,3)18-10(17)12-7-4-5-13(9(7)16)6-8(14)15/h4-5,7H,6H2,1-3H3,(H,12,17)(H,14,15). The fraction of sp³-hybridized carbons (Fsp3) is 0.545. The van der Waals surface area contributed by atoms with Crippen molar-refractivity contribution in [3.8, 4) is 0 Å². The third kappa shape index (κ3) is 4.08. The summed E-state index contributed by atoms with van der Waals surface area (Å²) in [5.74, 6) is -1.62. The first-order chi connectivity index (χ1) is 8.19. The van der Waals surface area contributed by atoms with E-state index in [1.807, 2.05) is 0 Å². The van der Waals surface area contributed by atoms with Crippen LogP contribution in [-0.2, 0) is 14.3 Å². The van der Waals surface area contributed by atoms with E-state index >= 15 is 0 Å². The quantitative estimate of drug-likeness (QED) is 0.758. The Labute approximate surface area is 104 Å². The Kier molecular flexibility index (Phi) is 3.95. The van der Waals surface area contributed by atoms with Gasteiger partial charge < -0.3 is 20.1 Å². The van der Waals surface area contributed by atoms with Gasteiger partial charge in [-0.05, 0) is 26.8 Å². The Morgan fingerprint density at radius 1 is 1.50 bits per heavy atom. The summed E-state index contributed by atoms with van der Waals surface area (Å²) in [6.45, 7) is 4.68. The van der Waals surface area contributed by atoms with Crippen LogP contribution in [0.5, 0.6) is 0 Å². The monoisotopic (exact) mass is 256 g/mol. The molecule has 0 saturated carbocycles. The van der Waals surface area contributed by atoms with Gasteiger partial charge in [-0.15, -0.1) is 0 Å². The number of carboxylic acid groups (broad SMARTS) is 1. The molecule has 1 atom stereocenters. The number of hydrogen-bond acceptors (Lipinski definition) is 4. The van der Waals surface area contributed by atoms with Gasteiger partial charge in [0.1, 0.15) is 18.2 Å². The SMILES string of the molecule is CC(C)(C)OC(=O)NC1C=CN(CC(=O)O)C1=O. The maximum absolute atomic E-state index is 11.7. The van der Waals surface area contributed by atoms with Crippen LogP contribution in [0.15, 0.2) is 12.3 Å². The number of nitrogens with one attached hydrogen (secondary N) is 1. The predicted octanol–water partition coefficient (Wildman–Crippen LogP) is 0.320. The number of alkyl carbamates (subject to hydrolysis) is 1. The number of carbonyl (C=O) groups excluding carboxylic acids is 2. The minimum absolute atomic E-state index is 0.429. The van der Waals surface area contributed by atoms with Crippen LogP contribution >= 0.6 is 0 Å². The molecular formula is C11H16N2O5. The molecule has 0 radical (unpaired) electrons. The van der Waals surface area contributed by atoms with Crippen LogP contribution in [0.1, 0.15) is 20.8 Å². The second-order valence-electron chi connectivity index (χ2n) is 4.83. The third-order valence-corrected chi connectivity index (χ3v) is 1.99. The zero-order valence-corrected chi connectivity index (χ0v) is 10.5. The third-order valence-electron chi connectivity index (χ3n) is 1.99. The number of aliphatic carboxylic acids is 1. The minimum atomic E-state index is -1.12. The van der Waals surface area contributed by atoms with Crippen molar-refractivity contribution in [2.24, 2.45) is 0 Å². The van der Waals surface area contributed by atoms with Crippen molar-refractivity contribution in [1.82, 2.24) is 10.2 Å². The molecule has 0 spiro atoms. The molecule has 2 N–H and O–H groups in total. The lowest BCUT2D eigenvalue weighted by Crippen LogP contribution is -2.44. The van der Waals surface area contributed by atoms with E-state index in [-0.39, 0.29) is 0 Å². The van der Waals surface area contributed by atoms with Gasteiger partial charge in [-0.2, -0.15) is 0 Å². The van der Waals surface area contributed by atoms with Crippen LogP contribution < -0.4 is 5.32 Å². The van der Waals surface area contributed by atoms with Crippen molar-refractivity contribution in [3.05, 3.63) is 12.3 Å². The molecule has 0 aliphatic carbocycles. The largest absolute Gasteiger partial charge is 0.480 e. The van der Waals surface area contributed by atoms with Crippen molar-refractivity contribution in [1.29, 1.82) is 0 Å². The highest BCUT2D eigenvalue weighted by molar-refractivity contribution is 5.92. The van der Waals surface area contributed by atoms with Crippen molar-refractivity contribution in [3.63, 3.8) is 0 Å². The van der Waals surface area contributed by atoms with Crippen LogP contribution in [0.3, 0.4) is 0 Å². The molecule has 7 nitrogen and oxygen atoms in total. The molecule has 0 bridgehead atoms. The van der Waals surface area contributed by atoms with E-state index in [1.54, 1.807) is 20.8 Å². The molecule has 1 rings (SSSR count). The number of amides is 2. The zero-order valence-electron chi connectivity index (χ0n) is 10.5. The van der Waals surface area contributed by atoms with E-state index in [0.29, 0.717) is 0 Å². The molecule has 1 aliphatic heterocycles. The van der Waals surface area contributed by atoms with Crippen LogP contribution in [0.4, 0.5) is 4.79 Å². The van der Waals surface area contributed by atoms with E-state index in [1.165, 1.54) is 12.3 Å². The van der Waals surface area contributed by atoms with Crippen molar-refractivity contribution >= 4 is 18.0 Å². The fourth-order valence-corrected chi connectivity index (χ4v) is 1.35. The molecule has 0 aromatic carbocycles. The maximum atomic E-state index is 11.7. The van der Waals surface area contributed by atoms with Gasteiger partial charge in [0, 0.05) is 6.20 Å². The molecule has 18 heavy (non-hydrogen) atoms. The maximum Gasteiger partial charge on any atom is 0.408 e. The number of ether oxygens (including phenoxy) is 1. The molecule has 1 aliphatic rings. The lowest BCUT2D eigenvalue weighted by atomic mass is 10.2. The molecule has 100 valence electrons. The first kappa shape index (κ1) is 14.0. The van der Waals surface area contributed by atoms with E-state index in [9.17, 15) is 14.4 Å². The normalized spacial score (nSPS) is 18.9. The molecule has 0 aromatic rings. The molecule has 0 fully saturated rings. The highest BCUT2D eigenvalue weighted by Crippen LogP contribution is 2.10. The molecule has 0 saturated heterocycles. The molecule has 0 aromatic heterocycles. The van der Waals surface area contributed by atoms with Gasteiger partial charge in [0.05, 0.1) is 0 Å². The number of nitrogens with zero attached hydrogens (tertiary/aromatic N) is 1. The topological polar surface area (TPSA) is 95.9 Å². The summed E-state index contributed by atoms with van der Waals surface area (Å²) in [5.41, 5.74) is -0.657. The van der Waals surface area contributed by atoms with Gasteiger partial charge in [0.15, 0.2) is 0 Å². The predicted molar refractivity (Wildman–Crippen MR) is 61.6 cm³/mol. The summed E-state index contributed by atoms with van der Waals surface area (Å²) in [5, 5.41) is 10.9. The second-order valence-corrected chi connectivity index (χ2v) is 4.83. The van der Waals surface area contributed by atoms with E-state index in [0.717, 1.165) is 4.90 Å². The smallest absolute Gasteiger partial charge is 0.408 e. The van der Waals surface area contributed by atoms with Gasteiger partial charge in [0.2, 0.25) is 0 Å². The number of carboxylic acids is 1. The minimum Gasteiger partial charge on any atom is -0.480 e. The van der Waals surface area contributed by atoms with Gasteiger partial charge in [-0.3, -0.25) is 9.59 Å². The van der Waals surface area contributed by atoms with Crippen LogP contribution in [0, 0.1) is 0 Å². The highest BCUT2D eigenvalue weighted by atomic mass is 16.6. The van der Waals surface area contributed by atoms with E-state index in [2.05, 4.69) is 5.32 Å². The Hall–Kier alpha value is -2.05. The number of carbonyl (C=O) groups is 3. The van der Waals surface area contributed by atoms with Crippen molar-refractivity contribution in [2.45, 2.75) is 32.4 Å². The Bertz CT molecular complexity index is 397. The van der Waals surface area contributed by atoms with Crippen molar-refractivity contribution in [2.75, 3.05) is 6.54 Å². The first-order valence-electron chi connectivity index (χ1n) is 5.39. The zero-order chi connectivity index (χ0) is 13.9. The molecule has 1 heterocycles. The Morgan fingerprint density at radius 2 is 2.11 bits per heavy atom. The van der Waals surface area contributed by atoms with Crippen LogP contribution in [0.2, 0.25) is 0 Å². The summed E-state index contributed by atoms with van der Waals surface area (Å²) < 4.78 is 4.99. The van der Waals surface area contributed by atoms with Gasteiger partial charge in [-0.25, -0.2) is 4.79 Å². The first-order valence-corrected chi connectivity index (χ1v) is 5.39. The van der Waals surface area contributed by atoms with Crippen LogP contribution in [0.25, 0.3) is 0 Å². The average molecular weight is 256 g/mol. The number of rotatable bonds is 3. The number of hydrogen-bond donors (Lipinski definition) is 2. The van der Waals surface area contributed by atoms with Gasteiger partial charge >= 0.3 is 12.1 Å². The summed E-state index contributed by atoms with van der Waals surface area (Å²) >= 11 is 0. The van der Waals surface area contributed by atoms with E-state index in [4.69, 9.17) is 9.84 Å². The van der Waals surface area contributed by atoms with Crippen molar-refractivity contribution < 1.29 is 24.2 Å². The Morgan fingerprint density at radius 3 is 2.61 bits per heavy atom. The molecule has 7 heteroatoms. The summed E-state index contributed by atoms with van der Waals surface area (Å²) in [6, 6.07) is -0.876. The summed E-state index contributed by atoms with van der Waals surface area (Å²) in [4.78, 5) is 34.6. The lowest BCUT2D eigenvalue weighted by Gasteiger charge is -2.21. The Balaban J connectivity index is 2.51. The average Bonchev–Trinajstić information content (AvgIpc) is 2.46. The fourth-order valence-electron chi connectivity index (χ4n) is 1.35. The molecular weight excluding hydrogens is 240 g/mol. The highest BCUT2D eigenvalue weighted by Gasteiger charge is 2.30. The summed E-state index contributed by atoms with van der Waals surface area (Å²) in [6.07, 6.45) is 2.02. The molecule has 1 unspecified atom stereocenters. The van der Waals surface area contributed by atoms with E-state index < -0.39 is 36.2 Å². The van der Waals surface area contributed by atoms with Crippen LogP contribution in [-0.4, -0.2) is 46.2 Å². The summed E-state index contributed by atoms with van der Waals surface area (Å²) in [7, 11) is 0. The molecule has 2 amide bonds. The second kappa shape index (κ2) is 5.07. The lowest BCUT2D eigenvalue weighted by molar-refractivity contribution is -0.142.